The van der Waals surface area contributed by atoms with Crippen LogP contribution in [0, 0.1) is 5.92 Å². The van der Waals surface area contributed by atoms with Gasteiger partial charge in [-0.15, -0.1) is 0 Å². The number of piperidine rings is 1. The van der Waals surface area contributed by atoms with E-state index in [-0.39, 0.29) is 42.7 Å². The molecule has 26 heavy (non-hydrogen) atoms. The van der Waals surface area contributed by atoms with Gasteiger partial charge < -0.3 is 4.90 Å². The average Bonchev–Trinajstić information content (AvgIpc) is 2.58. The maximum absolute atomic E-state index is 13.2. The Bertz CT molecular complexity index is 822. The molecule has 0 N–H and O–H groups in total. The molecule has 3 rings (SSSR count). The minimum Gasteiger partial charge on any atom is -0.356 e. The normalized spacial score (nSPS) is 16.9. The van der Waals surface area contributed by atoms with Crippen LogP contribution in [0.5, 0.6) is 0 Å². The highest BCUT2D eigenvalue weighted by molar-refractivity contribution is 5.96. The van der Waals surface area contributed by atoms with Gasteiger partial charge in [0.15, 0.2) is 0 Å². The summed E-state index contributed by atoms with van der Waals surface area (Å²) in [7, 11) is 0. The van der Waals surface area contributed by atoms with E-state index in [0.717, 1.165) is 6.07 Å². The zero-order chi connectivity index (χ0) is 19.1. The topological polar surface area (TPSA) is 33.2 Å². The lowest BCUT2D eigenvalue weighted by atomic mass is 9.96. The molecule has 0 spiro atoms. The van der Waals surface area contributed by atoms with Crippen LogP contribution in [0.4, 0.5) is 32.2 Å². The van der Waals surface area contributed by atoms with Crippen LogP contribution in [0.2, 0.25) is 0 Å². The van der Waals surface area contributed by atoms with Crippen LogP contribution >= 0.6 is 0 Å². The molecule has 2 aromatic rings. The third-order valence-electron chi connectivity index (χ3n) is 4.52. The van der Waals surface area contributed by atoms with Crippen LogP contribution in [-0.2, 0) is 6.18 Å². The molecular weight excluding hydrogens is 362 g/mol. The second-order valence-electron chi connectivity index (χ2n) is 6.23. The molecular formula is C17H14F6N2O. The van der Waals surface area contributed by atoms with E-state index in [2.05, 4.69) is 4.98 Å². The minimum absolute atomic E-state index is 0.00658. The first-order chi connectivity index (χ1) is 12.1. The van der Waals surface area contributed by atoms with Gasteiger partial charge in [0.05, 0.1) is 5.92 Å². The van der Waals surface area contributed by atoms with E-state index >= 15 is 0 Å². The molecule has 1 saturated heterocycles. The van der Waals surface area contributed by atoms with Crippen LogP contribution in [0.15, 0.2) is 24.3 Å². The van der Waals surface area contributed by atoms with Crippen LogP contribution < -0.4 is 4.90 Å². The number of anilines is 1. The molecule has 1 fully saturated rings. The Balaban J connectivity index is 2.03. The van der Waals surface area contributed by atoms with Gasteiger partial charge in [0, 0.05) is 24.0 Å². The van der Waals surface area contributed by atoms with E-state index in [9.17, 15) is 31.1 Å². The number of rotatable bonds is 2. The first-order valence-electron chi connectivity index (χ1n) is 7.88. The molecule has 0 bridgehead atoms. The van der Waals surface area contributed by atoms with Crippen molar-refractivity contribution in [3.63, 3.8) is 0 Å². The van der Waals surface area contributed by atoms with E-state index in [1.54, 1.807) is 0 Å². The van der Waals surface area contributed by atoms with E-state index in [1.807, 2.05) is 0 Å². The number of hydrogen-bond donors (Lipinski definition) is 0. The first kappa shape index (κ1) is 18.5. The number of pyridine rings is 1. The van der Waals surface area contributed by atoms with Crippen molar-refractivity contribution in [2.24, 2.45) is 5.92 Å². The fourth-order valence-electron chi connectivity index (χ4n) is 3.14. The fraction of sp³-hybridized carbons (Fsp3) is 0.412. The SMILES string of the molecule is O=Cc1ccc2c(N3CCC(C(F)(F)F)CC3)nc(C(F)(F)F)cc2c1. The Hall–Kier alpha value is -2.32. The van der Waals surface area contributed by atoms with Gasteiger partial charge in [0.25, 0.3) is 0 Å². The van der Waals surface area contributed by atoms with Crippen molar-refractivity contribution in [2.45, 2.75) is 25.2 Å². The van der Waals surface area contributed by atoms with E-state index in [4.69, 9.17) is 0 Å². The summed E-state index contributed by atoms with van der Waals surface area (Å²) in [6.07, 6.45) is -8.90. The highest BCUT2D eigenvalue weighted by Gasteiger charge is 2.41. The number of fused-ring (bicyclic) bond motifs is 1. The molecule has 1 aromatic carbocycles. The molecule has 9 heteroatoms. The summed E-state index contributed by atoms with van der Waals surface area (Å²) < 4.78 is 77.9. The number of alkyl halides is 6. The highest BCUT2D eigenvalue weighted by atomic mass is 19.4. The Labute approximate surface area is 144 Å². The van der Waals surface area contributed by atoms with Gasteiger partial charge in [-0.25, -0.2) is 4.98 Å². The molecule has 0 aliphatic carbocycles. The van der Waals surface area contributed by atoms with Crippen LogP contribution in [0.25, 0.3) is 10.8 Å². The molecule has 0 unspecified atom stereocenters. The number of carbonyl (C=O) groups is 1. The Morgan fingerprint density at radius 1 is 1.04 bits per heavy atom. The maximum atomic E-state index is 13.2. The number of nitrogens with zero attached hydrogens (tertiary/aromatic N) is 2. The van der Waals surface area contributed by atoms with E-state index in [0.29, 0.717) is 11.7 Å². The molecule has 2 heterocycles. The van der Waals surface area contributed by atoms with Gasteiger partial charge in [-0.3, -0.25) is 4.79 Å². The fourth-order valence-corrected chi connectivity index (χ4v) is 3.14. The second kappa shape index (κ2) is 6.44. The predicted molar refractivity (Wildman–Crippen MR) is 83.1 cm³/mol. The zero-order valence-electron chi connectivity index (χ0n) is 13.4. The lowest BCUT2D eigenvalue weighted by Gasteiger charge is -2.34. The van der Waals surface area contributed by atoms with Crippen molar-refractivity contribution in [3.05, 3.63) is 35.5 Å². The summed E-state index contributed by atoms with van der Waals surface area (Å²) in [6, 6.07) is 5.06. The van der Waals surface area contributed by atoms with Crippen molar-refractivity contribution in [2.75, 3.05) is 18.0 Å². The van der Waals surface area contributed by atoms with Gasteiger partial charge in [-0.05, 0) is 36.4 Å². The standard InChI is InChI=1S/C17H14F6N2O/c18-16(19,20)12-3-5-25(6-4-12)15-13-2-1-10(9-26)7-11(13)8-14(24-15)17(21,22)23/h1-2,7-9,12H,3-6H2. The summed E-state index contributed by atoms with van der Waals surface area (Å²) in [4.78, 5) is 16.0. The highest BCUT2D eigenvalue weighted by Crippen LogP contribution is 2.38. The summed E-state index contributed by atoms with van der Waals surface area (Å²) >= 11 is 0. The van der Waals surface area contributed by atoms with Gasteiger partial charge in [0.2, 0.25) is 0 Å². The largest absolute Gasteiger partial charge is 0.433 e. The van der Waals surface area contributed by atoms with Gasteiger partial charge in [0.1, 0.15) is 17.8 Å². The Morgan fingerprint density at radius 3 is 2.23 bits per heavy atom. The number of carbonyl (C=O) groups excluding carboxylic acids is 1. The molecule has 140 valence electrons. The van der Waals surface area contributed by atoms with Crippen molar-refractivity contribution in [1.82, 2.24) is 4.98 Å². The number of halogens is 6. The number of hydrogen-bond acceptors (Lipinski definition) is 3. The summed E-state index contributed by atoms with van der Waals surface area (Å²) in [5.74, 6) is -1.47. The number of aromatic nitrogens is 1. The molecule has 0 saturated carbocycles. The number of aldehydes is 1. The monoisotopic (exact) mass is 376 g/mol. The molecule has 1 aliphatic heterocycles. The smallest absolute Gasteiger partial charge is 0.356 e. The lowest BCUT2D eigenvalue weighted by Crippen LogP contribution is -2.39. The summed E-state index contributed by atoms with van der Waals surface area (Å²) in [5, 5.41) is 0.541. The molecule has 0 amide bonds. The van der Waals surface area contributed by atoms with Crippen molar-refractivity contribution < 1.29 is 31.1 Å². The Kier molecular flexibility index (Phi) is 4.58. The molecule has 1 aromatic heterocycles. The predicted octanol–water partition coefficient (Wildman–Crippen LogP) is 4.84. The van der Waals surface area contributed by atoms with Crippen molar-refractivity contribution >= 4 is 22.9 Å². The van der Waals surface area contributed by atoms with Gasteiger partial charge in [-0.2, -0.15) is 26.3 Å². The van der Waals surface area contributed by atoms with Crippen LogP contribution in [0.3, 0.4) is 0 Å². The van der Waals surface area contributed by atoms with Gasteiger partial charge >= 0.3 is 12.4 Å². The van der Waals surface area contributed by atoms with Crippen molar-refractivity contribution in [1.29, 1.82) is 0 Å². The summed E-state index contributed by atoms with van der Waals surface area (Å²) in [6.45, 7) is -0.0773. The Morgan fingerprint density at radius 2 is 1.69 bits per heavy atom. The van der Waals surface area contributed by atoms with Crippen LogP contribution in [-0.4, -0.2) is 30.5 Å². The third kappa shape index (κ3) is 3.61. The second-order valence-corrected chi connectivity index (χ2v) is 6.23. The third-order valence-corrected chi connectivity index (χ3v) is 4.52. The quantitative estimate of drug-likeness (QED) is 0.555. The lowest BCUT2D eigenvalue weighted by molar-refractivity contribution is -0.179. The molecule has 0 radical (unpaired) electrons. The molecule has 3 nitrogen and oxygen atoms in total. The average molecular weight is 376 g/mol. The maximum Gasteiger partial charge on any atom is 0.433 e. The zero-order valence-corrected chi connectivity index (χ0v) is 13.4. The molecule has 0 atom stereocenters. The van der Waals surface area contributed by atoms with E-state index < -0.39 is 24.0 Å². The summed E-state index contributed by atoms with van der Waals surface area (Å²) in [5.41, 5.74) is -0.931. The van der Waals surface area contributed by atoms with E-state index in [1.165, 1.54) is 23.1 Å². The minimum atomic E-state index is -4.70. The molecule has 1 aliphatic rings. The van der Waals surface area contributed by atoms with Crippen molar-refractivity contribution in [3.8, 4) is 0 Å². The first-order valence-corrected chi connectivity index (χ1v) is 7.88. The van der Waals surface area contributed by atoms with Crippen LogP contribution in [0.1, 0.15) is 28.9 Å². The number of benzene rings is 1. The van der Waals surface area contributed by atoms with Gasteiger partial charge in [-0.1, -0.05) is 6.07 Å².